The van der Waals surface area contributed by atoms with Crippen LogP contribution in [0.15, 0.2) is 18.2 Å². The molecule has 3 rings (SSSR count). The normalized spacial score (nSPS) is 17.4. The van der Waals surface area contributed by atoms with Crippen molar-refractivity contribution in [3.8, 4) is 0 Å². The smallest absolute Gasteiger partial charge is 0.0460 e. The number of H-pyrrole nitrogens is 1. The van der Waals surface area contributed by atoms with Gasteiger partial charge in [0.15, 0.2) is 0 Å². The highest BCUT2D eigenvalue weighted by Gasteiger charge is 2.16. The number of benzene rings is 1. The summed E-state index contributed by atoms with van der Waals surface area (Å²) in [5.74, 6) is 0. The number of rotatable bonds is 0. The first-order valence-electron chi connectivity index (χ1n) is 5.71. The molecular formula is C13H15ClN2. The minimum absolute atomic E-state index is 0.821. The fraction of sp³-hybridized carbons (Fsp3) is 0.385. The Morgan fingerprint density at radius 1 is 1.38 bits per heavy atom. The summed E-state index contributed by atoms with van der Waals surface area (Å²) in [6, 6.07) is 6.10. The lowest BCUT2D eigenvalue weighted by Gasteiger charge is -2.12. The third-order valence-electron chi connectivity index (χ3n) is 3.35. The average Bonchev–Trinajstić information content (AvgIpc) is 2.47. The summed E-state index contributed by atoms with van der Waals surface area (Å²) in [7, 11) is 2.18. The van der Waals surface area contributed by atoms with Crippen LogP contribution < -0.4 is 0 Å². The summed E-state index contributed by atoms with van der Waals surface area (Å²) >= 11 is 6.07. The van der Waals surface area contributed by atoms with Crippen molar-refractivity contribution in [3.05, 3.63) is 34.5 Å². The van der Waals surface area contributed by atoms with Crippen molar-refractivity contribution in [1.82, 2.24) is 9.88 Å². The van der Waals surface area contributed by atoms with Gasteiger partial charge in [-0.15, -0.1) is 0 Å². The summed E-state index contributed by atoms with van der Waals surface area (Å²) in [6.45, 7) is 2.19. The van der Waals surface area contributed by atoms with Gasteiger partial charge in [0.1, 0.15) is 0 Å². The molecule has 0 saturated heterocycles. The quantitative estimate of drug-likeness (QED) is 0.742. The zero-order valence-corrected chi connectivity index (χ0v) is 10.1. The van der Waals surface area contributed by atoms with Crippen molar-refractivity contribution in [2.45, 2.75) is 19.4 Å². The van der Waals surface area contributed by atoms with Gasteiger partial charge < -0.3 is 9.88 Å². The molecule has 0 unspecified atom stereocenters. The Labute approximate surface area is 100 Å². The average molecular weight is 235 g/mol. The van der Waals surface area contributed by atoms with Gasteiger partial charge in [-0.25, -0.2) is 0 Å². The maximum absolute atomic E-state index is 6.07. The molecular weight excluding hydrogens is 220 g/mol. The molecule has 1 aliphatic rings. The standard InChI is InChI=1S/C13H15ClN2/c1-16-6-2-3-12-11(8-16)10-7-9(14)4-5-13(10)15-12/h4-5,7,15H,2-3,6,8H2,1H3. The first-order valence-corrected chi connectivity index (χ1v) is 6.09. The van der Waals surface area contributed by atoms with Crippen molar-refractivity contribution in [2.24, 2.45) is 0 Å². The number of aromatic nitrogens is 1. The topological polar surface area (TPSA) is 19.0 Å². The lowest BCUT2D eigenvalue weighted by atomic mass is 10.1. The molecule has 0 fully saturated rings. The summed E-state index contributed by atoms with van der Waals surface area (Å²) in [4.78, 5) is 5.89. The molecule has 0 saturated carbocycles. The number of halogens is 1. The van der Waals surface area contributed by atoms with E-state index < -0.39 is 0 Å². The largest absolute Gasteiger partial charge is 0.358 e. The first kappa shape index (κ1) is 10.2. The fourth-order valence-electron chi connectivity index (χ4n) is 2.54. The molecule has 0 radical (unpaired) electrons. The van der Waals surface area contributed by atoms with E-state index in [1.165, 1.54) is 35.1 Å². The van der Waals surface area contributed by atoms with E-state index >= 15 is 0 Å². The second kappa shape index (κ2) is 3.79. The number of aromatic amines is 1. The van der Waals surface area contributed by atoms with Gasteiger partial charge in [0.25, 0.3) is 0 Å². The van der Waals surface area contributed by atoms with Crippen molar-refractivity contribution < 1.29 is 0 Å². The molecule has 1 aromatic carbocycles. The summed E-state index contributed by atoms with van der Waals surface area (Å²) in [5.41, 5.74) is 4.03. The van der Waals surface area contributed by atoms with Gasteiger partial charge in [0.05, 0.1) is 0 Å². The van der Waals surface area contributed by atoms with E-state index in [4.69, 9.17) is 11.6 Å². The number of nitrogens with one attached hydrogen (secondary N) is 1. The van der Waals surface area contributed by atoms with E-state index in [1.54, 1.807) is 0 Å². The van der Waals surface area contributed by atoms with Crippen LogP contribution in [0, 0.1) is 0 Å². The van der Waals surface area contributed by atoms with Crippen LogP contribution in [0.25, 0.3) is 10.9 Å². The van der Waals surface area contributed by atoms with E-state index in [2.05, 4.69) is 29.1 Å². The monoisotopic (exact) mass is 234 g/mol. The highest BCUT2D eigenvalue weighted by atomic mass is 35.5. The molecule has 0 atom stereocenters. The SMILES string of the molecule is CN1CCCc2[nH]c3ccc(Cl)cc3c2C1. The second-order valence-electron chi connectivity index (χ2n) is 4.61. The molecule has 1 N–H and O–H groups in total. The molecule has 2 aromatic rings. The number of nitrogens with zero attached hydrogens (tertiary/aromatic N) is 1. The lowest BCUT2D eigenvalue weighted by molar-refractivity contribution is 0.333. The molecule has 1 aliphatic heterocycles. The van der Waals surface area contributed by atoms with Crippen LogP contribution in [0.2, 0.25) is 5.02 Å². The Balaban J connectivity index is 2.21. The van der Waals surface area contributed by atoms with Crippen LogP contribution in [0.1, 0.15) is 17.7 Å². The van der Waals surface area contributed by atoms with Gasteiger partial charge in [-0.2, -0.15) is 0 Å². The van der Waals surface area contributed by atoms with Crippen LogP contribution in [-0.2, 0) is 13.0 Å². The highest BCUT2D eigenvalue weighted by Crippen LogP contribution is 2.28. The van der Waals surface area contributed by atoms with Gasteiger partial charge >= 0.3 is 0 Å². The van der Waals surface area contributed by atoms with Crippen LogP contribution in [-0.4, -0.2) is 23.5 Å². The zero-order valence-electron chi connectivity index (χ0n) is 9.39. The van der Waals surface area contributed by atoms with Gasteiger partial charge in [0.2, 0.25) is 0 Å². The molecule has 1 aromatic heterocycles. The van der Waals surface area contributed by atoms with Gasteiger partial charge in [0, 0.05) is 28.2 Å². The Bertz CT molecular complexity index is 530. The zero-order chi connectivity index (χ0) is 11.1. The van der Waals surface area contributed by atoms with Crippen molar-refractivity contribution in [1.29, 1.82) is 0 Å². The molecule has 0 amide bonds. The molecule has 84 valence electrons. The predicted molar refractivity (Wildman–Crippen MR) is 68.0 cm³/mol. The third kappa shape index (κ3) is 1.62. The van der Waals surface area contributed by atoms with Crippen LogP contribution >= 0.6 is 11.6 Å². The van der Waals surface area contributed by atoms with Crippen LogP contribution in [0.3, 0.4) is 0 Å². The number of hydrogen-bond donors (Lipinski definition) is 1. The molecule has 2 nitrogen and oxygen atoms in total. The maximum Gasteiger partial charge on any atom is 0.0460 e. The van der Waals surface area contributed by atoms with Gasteiger partial charge in [-0.05, 0) is 50.2 Å². The molecule has 16 heavy (non-hydrogen) atoms. The Morgan fingerprint density at radius 2 is 2.25 bits per heavy atom. The van der Waals surface area contributed by atoms with E-state index in [9.17, 15) is 0 Å². The van der Waals surface area contributed by atoms with Crippen molar-refractivity contribution >= 4 is 22.5 Å². The maximum atomic E-state index is 6.07. The Hall–Kier alpha value is -0.990. The van der Waals surface area contributed by atoms with Crippen molar-refractivity contribution in [2.75, 3.05) is 13.6 Å². The van der Waals surface area contributed by atoms with Gasteiger partial charge in [-0.1, -0.05) is 11.6 Å². The van der Waals surface area contributed by atoms with Crippen LogP contribution in [0.5, 0.6) is 0 Å². The summed E-state index contributed by atoms with van der Waals surface area (Å²) in [6.07, 6.45) is 2.37. The molecule has 2 heterocycles. The number of aryl methyl sites for hydroxylation is 1. The molecule has 3 heteroatoms. The van der Waals surface area contributed by atoms with E-state index in [-0.39, 0.29) is 0 Å². The van der Waals surface area contributed by atoms with E-state index in [1.807, 2.05) is 6.07 Å². The van der Waals surface area contributed by atoms with E-state index in [0.29, 0.717) is 0 Å². The van der Waals surface area contributed by atoms with Gasteiger partial charge in [-0.3, -0.25) is 0 Å². The number of hydrogen-bond acceptors (Lipinski definition) is 1. The van der Waals surface area contributed by atoms with E-state index in [0.717, 1.165) is 18.0 Å². The lowest BCUT2D eigenvalue weighted by Crippen LogP contribution is -2.16. The molecule has 0 spiro atoms. The summed E-state index contributed by atoms with van der Waals surface area (Å²) < 4.78 is 0. The molecule has 0 bridgehead atoms. The first-order chi connectivity index (χ1) is 7.74. The minimum atomic E-state index is 0.821. The van der Waals surface area contributed by atoms with Crippen LogP contribution in [0.4, 0.5) is 0 Å². The Kier molecular flexibility index (Phi) is 2.41. The Morgan fingerprint density at radius 3 is 3.12 bits per heavy atom. The summed E-state index contributed by atoms with van der Waals surface area (Å²) in [5, 5.41) is 2.11. The van der Waals surface area contributed by atoms with Crippen molar-refractivity contribution in [3.63, 3.8) is 0 Å². The predicted octanol–water partition coefficient (Wildman–Crippen LogP) is 3.20. The third-order valence-corrected chi connectivity index (χ3v) is 3.59. The fourth-order valence-corrected chi connectivity index (χ4v) is 2.72. The highest BCUT2D eigenvalue weighted by molar-refractivity contribution is 6.31. The minimum Gasteiger partial charge on any atom is -0.358 e. The number of fused-ring (bicyclic) bond motifs is 3. The molecule has 0 aliphatic carbocycles. The second-order valence-corrected chi connectivity index (χ2v) is 5.05.